The second-order valence-corrected chi connectivity index (χ2v) is 12.7. The van der Waals surface area contributed by atoms with Gasteiger partial charge in [-0.25, -0.2) is 0 Å². The molecule has 0 amide bonds. The number of carboxylic acids is 1. The highest BCUT2D eigenvalue weighted by Gasteiger charge is 2.24. The van der Waals surface area contributed by atoms with Crippen LogP contribution in [0.1, 0.15) is 136 Å². The number of unbranched alkanes of at least 4 members (excludes halogenated alkanes) is 2. The van der Waals surface area contributed by atoms with E-state index in [4.69, 9.17) is 0 Å². The molecule has 0 spiro atoms. The molecule has 4 aromatic rings. The van der Waals surface area contributed by atoms with Gasteiger partial charge in [0.1, 0.15) is 0 Å². The van der Waals surface area contributed by atoms with Crippen molar-refractivity contribution in [2.24, 2.45) is 0 Å². The van der Waals surface area contributed by atoms with Crippen molar-refractivity contribution in [1.29, 1.82) is 0 Å². The maximum atomic E-state index is 11.6. The van der Waals surface area contributed by atoms with Crippen molar-refractivity contribution in [1.82, 2.24) is 19.9 Å². The summed E-state index contributed by atoms with van der Waals surface area (Å²) in [6.45, 7) is 17.6. The molecule has 0 aliphatic carbocycles. The number of aliphatic carboxylic acids is 1. The van der Waals surface area contributed by atoms with Gasteiger partial charge in [0, 0.05) is 77.7 Å². The van der Waals surface area contributed by atoms with Gasteiger partial charge in [0.15, 0.2) is 0 Å². The number of carboxylic acid groups (broad SMARTS) is 1. The summed E-state index contributed by atoms with van der Waals surface area (Å²) < 4.78 is 0. The Bertz CT molecular complexity index is 1640. The molecule has 5 heterocycles. The number of aromatic nitrogens is 4. The standard InChI is InChI=1S/C37H50N4O2/c1-8-11-13-26-22(5)30-17-29-21(4)25(10-3)33(38-29)18-31-24(7)28(15-16-37(42)43)34(40-31)19-32-23(6)27(14-12-9-2)36(41-32)20-35(26)39-30/h10,38-41H,3,8-9,11-20H2,1-2,4-7H3,(H,42,43). The molecule has 43 heavy (non-hydrogen) atoms. The summed E-state index contributed by atoms with van der Waals surface area (Å²) in [5.74, 6) is -0.760. The zero-order valence-corrected chi connectivity index (χ0v) is 27.1. The molecule has 1 aliphatic rings. The third-order valence-corrected chi connectivity index (χ3v) is 9.97. The number of H-pyrrole nitrogens is 4. The van der Waals surface area contributed by atoms with Crippen LogP contribution in [0.25, 0.3) is 6.08 Å². The van der Waals surface area contributed by atoms with Crippen LogP contribution in [0.4, 0.5) is 0 Å². The first-order valence-corrected chi connectivity index (χ1v) is 16.3. The number of fused-ring (bicyclic) bond motifs is 8. The monoisotopic (exact) mass is 582 g/mol. The van der Waals surface area contributed by atoms with E-state index in [1.807, 2.05) is 6.08 Å². The van der Waals surface area contributed by atoms with Crippen molar-refractivity contribution in [3.8, 4) is 0 Å². The minimum absolute atomic E-state index is 0.125. The van der Waals surface area contributed by atoms with Crippen molar-refractivity contribution < 1.29 is 9.90 Å². The van der Waals surface area contributed by atoms with E-state index in [0.717, 1.165) is 74.0 Å². The number of carbonyl (C=O) groups is 1. The second-order valence-electron chi connectivity index (χ2n) is 12.7. The molecule has 6 nitrogen and oxygen atoms in total. The van der Waals surface area contributed by atoms with Gasteiger partial charge in [-0.1, -0.05) is 39.3 Å². The zero-order chi connectivity index (χ0) is 30.8. The fraction of sp³-hybridized carbons (Fsp3) is 0.486. The van der Waals surface area contributed by atoms with Crippen LogP contribution in [0, 0.1) is 27.7 Å². The molecule has 230 valence electrons. The molecule has 0 unspecified atom stereocenters. The first-order valence-electron chi connectivity index (χ1n) is 16.3. The summed E-state index contributed by atoms with van der Waals surface area (Å²) in [6.07, 6.45) is 12.6. The lowest BCUT2D eigenvalue weighted by Gasteiger charge is -2.08. The Balaban J connectivity index is 1.71. The van der Waals surface area contributed by atoms with Gasteiger partial charge in [0.05, 0.1) is 0 Å². The second kappa shape index (κ2) is 12.9. The van der Waals surface area contributed by atoms with Crippen LogP contribution < -0.4 is 0 Å². The van der Waals surface area contributed by atoms with Gasteiger partial charge in [-0.2, -0.15) is 0 Å². The van der Waals surface area contributed by atoms with E-state index in [-0.39, 0.29) is 6.42 Å². The van der Waals surface area contributed by atoms with Crippen LogP contribution in [0.2, 0.25) is 0 Å². The van der Waals surface area contributed by atoms with Crippen LogP contribution in [0.15, 0.2) is 6.58 Å². The van der Waals surface area contributed by atoms with Crippen molar-refractivity contribution in [3.63, 3.8) is 0 Å². The Hall–Kier alpha value is -3.67. The third kappa shape index (κ3) is 6.07. The molecule has 8 bridgehead atoms. The van der Waals surface area contributed by atoms with Crippen LogP contribution >= 0.6 is 0 Å². The highest BCUT2D eigenvalue weighted by molar-refractivity contribution is 5.67. The smallest absolute Gasteiger partial charge is 0.303 e. The van der Waals surface area contributed by atoms with Gasteiger partial charge < -0.3 is 25.0 Å². The van der Waals surface area contributed by atoms with Crippen molar-refractivity contribution >= 4 is 12.0 Å². The molecule has 0 radical (unpaired) electrons. The van der Waals surface area contributed by atoms with Gasteiger partial charge in [-0.05, 0) is 104 Å². The molecule has 5 rings (SSSR count). The zero-order valence-electron chi connectivity index (χ0n) is 27.1. The summed E-state index contributed by atoms with van der Waals surface area (Å²) in [4.78, 5) is 27.0. The van der Waals surface area contributed by atoms with Crippen LogP contribution in [-0.4, -0.2) is 31.0 Å². The van der Waals surface area contributed by atoms with Gasteiger partial charge >= 0.3 is 5.97 Å². The van der Waals surface area contributed by atoms with Crippen LogP contribution in [0.5, 0.6) is 0 Å². The molecule has 4 aromatic heterocycles. The van der Waals surface area contributed by atoms with Gasteiger partial charge in [0.2, 0.25) is 0 Å². The highest BCUT2D eigenvalue weighted by Crippen LogP contribution is 2.33. The summed E-state index contributed by atoms with van der Waals surface area (Å²) in [5.41, 5.74) is 20.3. The minimum Gasteiger partial charge on any atom is -0.481 e. The molecular weight excluding hydrogens is 532 g/mol. The predicted molar refractivity (Wildman–Crippen MR) is 177 cm³/mol. The Morgan fingerprint density at radius 3 is 1.44 bits per heavy atom. The summed E-state index contributed by atoms with van der Waals surface area (Å²) >= 11 is 0. The average molecular weight is 583 g/mol. The number of aromatic amines is 4. The Labute approximate surface area is 256 Å². The lowest BCUT2D eigenvalue weighted by molar-refractivity contribution is -0.136. The number of hydrogen-bond donors (Lipinski definition) is 5. The minimum atomic E-state index is -0.760. The highest BCUT2D eigenvalue weighted by atomic mass is 16.4. The van der Waals surface area contributed by atoms with Crippen molar-refractivity contribution in [2.75, 3.05) is 0 Å². The fourth-order valence-corrected chi connectivity index (χ4v) is 7.25. The SMILES string of the molecule is C=Cc1c2[nH]c(c1C)Cc1[nH]c(c(CCCC)c1C)Cc1[nH]c(c(C)c1CCCC)Cc1[nH]c(c(C)c1CCC(=O)O)C2. The molecule has 0 saturated carbocycles. The van der Waals surface area contributed by atoms with Gasteiger partial charge in [0.25, 0.3) is 0 Å². The molecule has 0 saturated heterocycles. The molecular formula is C37H50N4O2. The van der Waals surface area contributed by atoms with Crippen LogP contribution in [-0.2, 0) is 49.7 Å². The first-order chi connectivity index (χ1) is 20.7. The number of rotatable bonds is 10. The van der Waals surface area contributed by atoms with E-state index in [1.165, 1.54) is 80.3 Å². The summed E-state index contributed by atoms with van der Waals surface area (Å²) in [5, 5.41) is 9.55. The van der Waals surface area contributed by atoms with E-state index in [0.29, 0.717) is 6.42 Å². The first kappa shape index (κ1) is 30.8. The molecule has 1 aliphatic heterocycles. The molecule has 0 fully saturated rings. The van der Waals surface area contributed by atoms with Crippen LogP contribution in [0.3, 0.4) is 0 Å². The summed E-state index contributed by atoms with van der Waals surface area (Å²) in [6, 6.07) is 0. The van der Waals surface area contributed by atoms with E-state index < -0.39 is 5.97 Å². The van der Waals surface area contributed by atoms with Gasteiger partial charge in [-0.15, -0.1) is 0 Å². The van der Waals surface area contributed by atoms with E-state index >= 15 is 0 Å². The quantitative estimate of drug-likeness (QED) is 0.114. The Kier molecular flexibility index (Phi) is 9.24. The van der Waals surface area contributed by atoms with E-state index in [1.54, 1.807) is 0 Å². The Morgan fingerprint density at radius 2 is 1.00 bits per heavy atom. The molecule has 5 N–H and O–H groups in total. The van der Waals surface area contributed by atoms with E-state index in [9.17, 15) is 9.90 Å². The normalized spacial score (nSPS) is 13.1. The molecule has 0 aromatic carbocycles. The van der Waals surface area contributed by atoms with E-state index in [2.05, 4.69) is 68.1 Å². The maximum absolute atomic E-state index is 11.6. The maximum Gasteiger partial charge on any atom is 0.303 e. The largest absolute Gasteiger partial charge is 0.481 e. The number of hydrogen-bond acceptors (Lipinski definition) is 1. The van der Waals surface area contributed by atoms with Crippen molar-refractivity contribution in [3.05, 3.63) is 96.6 Å². The summed E-state index contributed by atoms with van der Waals surface area (Å²) in [7, 11) is 0. The third-order valence-electron chi connectivity index (χ3n) is 9.97. The van der Waals surface area contributed by atoms with Crippen molar-refractivity contribution in [2.45, 2.75) is 119 Å². The van der Waals surface area contributed by atoms with Gasteiger partial charge in [-0.3, -0.25) is 4.79 Å². The Morgan fingerprint density at radius 1 is 0.628 bits per heavy atom. The number of nitrogens with one attached hydrogen (secondary N) is 4. The predicted octanol–water partition coefficient (Wildman–Crippen LogP) is 8.25. The molecule has 0 atom stereocenters. The molecule has 6 heteroatoms. The lowest BCUT2D eigenvalue weighted by atomic mass is 9.96. The fourth-order valence-electron chi connectivity index (χ4n) is 7.25. The average Bonchev–Trinajstić information content (AvgIpc) is 3.63. The topological polar surface area (TPSA) is 100 Å². The lowest BCUT2D eigenvalue weighted by Crippen LogP contribution is -2.02.